The second-order valence-electron chi connectivity index (χ2n) is 6.66. The minimum absolute atomic E-state index is 0.168. The van der Waals surface area contributed by atoms with Crippen LogP contribution in [0.25, 0.3) is 5.78 Å². The number of carbonyl (C=O) groups excluding carboxylic acids is 1. The lowest BCUT2D eigenvalue weighted by atomic mass is 10.0. The van der Waals surface area contributed by atoms with Gasteiger partial charge in [-0.1, -0.05) is 13.8 Å². The van der Waals surface area contributed by atoms with E-state index in [2.05, 4.69) is 28.9 Å². The van der Waals surface area contributed by atoms with Crippen LogP contribution in [0.2, 0.25) is 0 Å². The molecule has 1 unspecified atom stereocenters. The molecule has 0 spiro atoms. The highest BCUT2D eigenvalue weighted by molar-refractivity contribution is 5.80. The SMILES string of the molecule is Cc1nc2nc(N)nn2c(C)c1CC(=O)N1CCCC1C(C)C. The molecule has 0 saturated carbocycles. The third-order valence-electron chi connectivity index (χ3n) is 4.78. The molecule has 3 rings (SSSR count). The predicted octanol–water partition coefficient (Wildman–Crippen LogP) is 1.51. The van der Waals surface area contributed by atoms with E-state index >= 15 is 0 Å². The third kappa shape index (κ3) is 2.75. The lowest BCUT2D eigenvalue weighted by Crippen LogP contribution is -2.39. The summed E-state index contributed by atoms with van der Waals surface area (Å²) >= 11 is 0. The third-order valence-corrected chi connectivity index (χ3v) is 4.78. The molecule has 0 radical (unpaired) electrons. The van der Waals surface area contributed by atoms with Crippen LogP contribution >= 0.6 is 0 Å². The van der Waals surface area contributed by atoms with Gasteiger partial charge in [0.2, 0.25) is 11.9 Å². The van der Waals surface area contributed by atoms with Gasteiger partial charge in [-0.3, -0.25) is 4.79 Å². The number of amides is 1. The summed E-state index contributed by atoms with van der Waals surface area (Å²) in [5.41, 5.74) is 8.27. The Labute approximate surface area is 135 Å². The van der Waals surface area contributed by atoms with Gasteiger partial charge < -0.3 is 10.6 Å². The fourth-order valence-corrected chi connectivity index (χ4v) is 3.53. The summed E-state index contributed by atoms with van der Waals surface area (Å²) < 4.78 is 1.62. The molecule has 0 aliphatic carbocycles. The van der Waals surface area contributed by atoms with Crippen LogP contribution in [0.5, 0.6) is 0 Å². The molecule has 2 aromatic heterocycles. The lowest BCUT2D eigenvalue weighted by Gasteiger charge is -2.28. The molecule has 2 aromatic rings. The van der Waals surface area contributed by atoms with Crippen LogP contribution in [0.1, 0.15) is 43.6 Å². The van der Waals surface area contributed by atoms with Gasteiger partial charge in [-0.05, 0) is 32.6 Å². The van der Waals surface area contributed by atoms with E-state index in [1.54, 1.807) is 4.52 Å². The van der Waals surface area contributed by atoms with Crippen LogP contribution in [0.3, 0.4) is 0 Å². The van der Waals surface area contributed by atoms with Crippen LogP contribution in [-0.2, 0) is 11.2 Å². The molecule has 1 aliphatic rings. The summed E-state index contributed by atoms with van der Waals surface area (Å²) in [7, 11) is 0. The fourth-order valence-electron chi connectivity index (χ4n) is 3.53. The molecule has 1 fully saturated rings. The molecule has 0 bridgehead atoms. The number of rotatable bonds is 3. The largest absolute Gasteiger partial charge is 0.366 e. The predicted molar refractivity (Wildman–Crippen MR) is 87.9 cm³/mol. The number of anilines is 1. The number of aryl methyl sites for hydroxylation is 2. The minimum atomic E-state index is 0.168. The molecule has 2 N–H and O–H groups in total. The number of likely N-dealkylation sites (tertiary alicyclic amines) is 1. The molecule has 1 saturated heterocycles. The Hall–Kier alpha value is -2.18. The molecule has 3 heterocycles. The van der Waals surface area contributed by atoms with Crippen molar-refractivity contribution < 1.29 is 4.79 Å². The van der Waals surface area contributed by atoms with Gasteiger partial charge in [-0.15, -0.1) is 5.10 Å². The molecular weight excluding hydrogens is 292 g/mol. The molecule has 7 nitrogen and oxygen atoms in total. The van der Waals surface area contributed by atoms with E-state index in [1.165, 1.54) is 0 Å². The highest BCUT2D eigenvalue weighted by atomic mass is 16.2. The van der Waals surface area contributed by atoms with Crippen LogP contribution in [-0.4, -0.2) is 43.0 Å². The second kappa shape index (κ2) is 5.79. The standard InChI is InChI=1S/C16H24N6O/c1-9(2)13-6-5-7-21(13)14(23)8-12-10(3)18-16-19-15(17)20-22(16)11(12)4/h9,13H,5-8H2,1-4H3,(H2,17,20). The van der Waals surface area contributed by atoms with Gasteiger partial charge in [-0.2, -0.15) is 9.50 Å². The number of hydrogen-bond donors (Lipinski definition) is 1. The smallest absolute Gasteiger partial charge is 0.254 e. The van der Waals surface area contributed by atoms with Crippen molar-refractivity contribution in [2.45, 2.75) is 53.0 Å². The van der Waals surface area contributed by atoms with Crippen molar-refractivity contribution in [2.75, 3.05) is 12.3 Å². The second-order valence-corrected chi connectivity index (χ2v) is 6.66. The van der Waals surface area contributed by atoms with Crippen molar-refractivity contribution in [3.63, 3.8) is 0 Å². The number of fused-ring (bicyclic) bond motifs is 1. The van der Waals surface area contributed by atoms with Crippen LogP contribution < -0.4 is 5.73 Å². The van der Waals surface area contributed by atoms with E-state index in [1.807, 2.05) is 18.7 Å². The first-order chi connectivity index (χ1) is 10.9. The molecule has 0 aromatic carbocycles. The van der Waals surface area contributed by atoms with Gasteiger partial charge in [0.1, 0.15) is 0 Å². The van der Waals surface area contributed by atoms with Crippen molar-refractivity contribution in [1.29, 1.82) is 0 Å². The van der Waals surface area contributed by atoms with Gasteiger partial charge in [-0.25, -0.2) is 4.98 Å². The summed E-state index contributed by atoms with van der Waals surface area (Å²) in [6, 6.07) is 0.349. The average Bonchev–Trinajstić information content (AvgIpc) is 3.09. The quantitative estimate of drug-likeness (QED) is 0.927. The van der Waals surface area contributed by atoms with E-state index in [-0.39, 0.29) is 11.9 Å². The maximum atomic E-state index is 12.8. The monoisotopic (exact) mass is 316 g/mol. The van der Waals surface area contributed by atoms with E-state index in [0.29, 0.717) is 24.2 Å². The molecule has 1 amide bonds. The topological polar surface area (TPSA) is 89.4 Å². The van der Waals surface area contributed by atoms with E-state index in [0.717, 1.165) is 36.3 Å². The van der Waals surface area contributed by atoms with Crippen molar-refractivity contribution in [3.05, 3.63) is 17.0 Å². The number of aromatic nitrogens is 4. The zero-order chi connectivity index (χ0) is 16.7. The van der Waals surface area contributed by atoms with Crippen LogP contribution in [0.15, 0.2) is 0 Å². The first kappa shape index (κ1) is 15.7. The van der Waals surface area contributed by atoms with Crippen molar-refractivity contribution in [2.24, 2.45) is 5.92 Å². The molecule has 7 heteroatoms. The lowest BCUT2D eigenvalue weighted by molar-refractivity contribution is -0.132. The first-order valence-corrected chi connectivity index (χ1v) is 8.16. The number of nitrogen functional groups attached to an aromatic ring is 1. The molecule has 23 heavy (non-hydrogen) atoms. The van der Waals surface area contributed by atoms with Gasteiger partial charge >= 0.3 is 0 Å². The van der Waals surface area contributed by atoms with Crippen molar-refractivity contribution in [1.82, 2.24) is 24.5 Å². The summed E-state index contributed by atoms with van der Waals surface area (Å²) in [6.07, 6.45) is 2.53. The molecule has 1 atom stereocenters. The van der Waals surface area contributed by atoms with E-state index < -0.39 is 0 Å². The van der Waals surface area contributed by atoms with Crippen LogP contribution in [0, 0.1) is 19.8 Å². The molecular formula is C16H24N6O. The maximum Gasteiger partial charge on any atom is 0.254 e. The van der Waals surface area contributed by atoms with Gasteiger partial charge in [0, 0.05) is 29.5 Å². The van der Waals surface area contributed by atoms with E-state index in [4.69, 9.17) is 5.73 Å². The number of carbonyl (C=O) groups is 1. The Kier molecular flexibility index (Phi) is 3.95. The highest BCUT2D eigenvalue weighted by Crippen LogP contribution is 2.25. The van der Waals surface area contributed by atoms with E-state index in [9.17, 15) is 4.79 Å². The fraction of sp³-hybridized carbons (Fsp3) is 0.625. The zero-order valence-corrected chi connectivity index (χ0v) is 14.2. The average molecular weight is 316 g/mol. The Morgan fingerprint density at radius 1 is 1.35 bits per heavy atom. The zero-order valence-electron chi connectivity index (χ0n) is 14.2. The van der Waals surface area contributed by atoms with Crippen LogP contribution in [0.4, 0.5) is 5.95 Å². The Morgan fingerprint density at radius 3 is 2.78 bits per heavy atom. The van der Waals surface area contributed by atoms with Crippen molar-refractivity contribution in [3.8, 4) is 0 Å². The highest BCUT2D eigenvalue weighted by Gasteiger charge is 2.31. The first-order valence-electron chi connectivity index (χ1n) is 8.16. The Bertz CT molecular complexity index is 751. The maximum absolute atomic E-state index is 12.8. The molecule has 124 valence electrons. The van der Waals surface area contributed by atoms with Gasteiger partial charge in [0.05, 0.1) is 6.42 Å². The minimum Gasteiger partial charge on any atom is -0.366 e. The Morgan fingerprint density at radius 2 is 2.09 bits per heavy atom. The summed E-state index contributed by atoms with van der Waals surface area (Å²) in [5.74, 6) is 1.33. The summed E-state index contributed by atoms with van der Waals surface area (Å²) in [4.78, 5) is 23.4. The number of hydrogen-bond acceptors (Lipinski definition) is 5. The molecule has 1 aliphatic heterocycles. The number of nitrogens with two attached hydrogens (primary N) is 1. The normalized spacial score (nSPS) is 18.3. The number of nitrogens with zero attached hydrogens (tertiary/aromatic N) is 5. The Balaban J connectivity index is 1.90. The summed E-state index contributed by atoms with van der Waals surface area (Å²) in [5, 5.41) is 4.16. The summed E-state index contributed by atoms with van der Waals surface area (Å²) in [6.45, 7) is 9.05. The van der Waals surface area contributed by atoms with Gasteiger partial charge in [0.15, 0.2) is 0 Å². The van der Waals surface area contributed by atoms with Gasteiger partial charge in [0.25, 0.3) is 5.78 Å². The van der Waals surface area contributed by atoms with Crippen molar-refractivity contribution >= 4 is 17.6 Å².